The second-order valence-electron chi connectivity index (χ2n) is 5.69. The number of pyridine rings is 1. The van der Waals surface area contributed by atoms with Crippen LogP contribution in [0.3, 0.4) is 0 Å². The van der Waals surface area contributed by atoms with Gasteiger partial charge in [0.2, 0.25) is 11.9 Å². The van der Waals surface area contributed by atoms with Crippen LogP contribution in [0.1, 0.15) is 33.3 Å². The smallest absolute Gasteiger partial charge is 0.261 e. The van der Waals surface area contributed by atoms with Gasteiger partial charge in [0.05, 0.1) is 5.39 Å². The summed E-state index contributed by atoms with van der Waals surface area (Å²) >= 11 is 0. The summed E-state index contributed by atoms with van der Waals surface area (Å²) in [5.74, 6) is -0.0932. The number of nitrogens with one attached hydrogen (secondary N) is 2. The quantitative estimate of drug-likeness (QED) is 0.875. The maximum atomic E-state index is 12.0. The number of anilines is 1. The van der Waals surface area contributed by atoms with Gasteiger partial charge in [-0.15, -0.1) is 0 Å². The summed E-state index contributed by atoms with van der Waals surface area (Å²) < 4.78 is 0. The third-order valence-electron chi connectivity index (χ3n) is 2.94. The normalized spacial score (nSPS) is 11.6. The lowest BCUT2D eigenvalue weighted by Crippen LogP contribution is -2.29. The summed E-state index contributed by atoms with van der Waals surface area (Å²) in [4.78, 5) is 34.8. The Kier molecular flexibility index (Phi) is 3.57. The van der Waals surface area contributed by atoms with Crippen molar-refractivity contribution < 1.29 is 4.79 Å². The summed E-state index contributed by atoms with van der Waals surface area (Å²) in [6.45, 7) is 7.34. The van der Waals surface area contributed by atoms with Gasteiger partial charge in [-0.05, 0) is 18.1 Å². The molecule has 6 nitrogen and oxygen atoms in total. The molecule has 0 aliphatic heterocycles. The molecular weight excluding hydrogens is 256 g/mol. The monoisotopic (exact) mass is 274 g/mol. The van der Waals surface area contributed by atoms with Crippen molar-refractivity contribution >= 4 is 22.9 Å². The van der Waals surface area contributed by atoms with E-state index in [0.29, 0.717) is 11.0 Å². The molecular formula is C14H18N4O2. The summed E-state index contributed by atoms with van der Waals surface area (Å²) in [5, 5.41) is 3.03. The van der Waals surface area contributed by atoms with Crippen LogP contribution in [0.15, 0.2) is 17.1 Å². The van der Waals surface area contributed by atoms with Crippen LogP contribution in [-0.4, -0.2) is 20.9 Å². The second-order valence-corrected chi connectivity index (χ2v) is 5.69. The number of nitrogens with zero attached hydrogens (tertiary/aromatic N) is 2. The average molecular weight is 274 g/mol. The van der Waals surface area contributed by atoms with Gasteiger partial charge in [-0.2, -0.15) is 4.98 Å². The highest BCUT2D eigenvalue weighted by molar-refractivity contribution is 5.93. The minimum Gasteiger partial charge on any atom is -0.296 e. The fraction of sp³-hybridized carbons (Fsp3) is 0.429. The minimum absolute atomic E-state index is 0.124. The molecule has 2 aromatic heterocycles. The Hall–Kier alpha value is -2.24. The van der Waals surface area contributed by atoms with E-state index in [2.05, 4.69) is 20.3 Å². The number of aryl methyl sites for hydroxylation is 1. The van der Waals surface area contributed by atoms with Gasteiger partial charge in [0.25, 0.3) is 5.56 Å². The number of aromatic nitrogens is 3. The maximum Gasteiger partial charge on any atom is 0.261 e. The molecule has 6 heteroatoms. The Bertz CT molecular complexity index is 713. The number of carbonyl (C=O) groups excluding carboxylic acids is 1. The molecule has 0 fully saturated rings. The first-order valence-corrected chi connectivity index (χ1v) is 6.51. The van der Waals surface area contributed by atoms with Crippen molar-refractivity contribution in [3.63, 3.8) is 0 Å². The van der Waals surface area contributed by atoms with E-state index in [-0.39, 0.29) is 17.4 Å². The van der Waals surface area contributed by atoms with Crippen LogP contribution in [0.2, 0.25) is 0 Å². The topological polar surface area (TPSA) is 87.7 Å². The highest BCUT2D eigenvalue weighted by Crippen LogP contribution is 2.16. The van der Waals surface area contributed by atoms with Gasteiger partial charge in [0, 0.05) is 11.6 Å². The van der Waals surface area contributed by atoms with Crippen LogP contribution in [0.25, 0.3) is 11.0 Å². The van der Waals surface area contributed by atoms with Crippen LogP contribution in [0.4, 0.5) is 5.95 Å². The second kappa shape index (κ2) is 5.03. The molecule has 0 unspecified atom stereocenters. The van der Waals surface area contributed by atoms with Crippen molar-refractivity contribution in [1.29, 1.82) is 0 Å². The van der Waals surface area contributed by atoms with Crippen LogP contribution in [0.5, 0.6) is 0 Å². The van der Waals surface area contributed by atoms with Gasteiger partial charge in [-0.1, -0.05) is 27.7 Å². The Morgan fingerprint density at radius 2 is 2.10 bits per heavy atom. The summed E-state index contributed by atoms with van der Waals surface area (Å²) in [5.41, 5.74) is 0.431. The fourth-order valence-electron chi connectivity index (χ4n) is 1.61. The van der Waals surface area contributed by atoms with Gasteiger partial charge in [-0.3, -0.25) is 19.9 Å². The van der Waals surface area contributed by atoms with Crippen molar-refractivity contribution in [2.45, 2.75) is 34.1 Å². The molecule has 0 aliphatic rings. The summed E-state index contributed by atoms with van der Waals surface area (Å²) in [6, 6.07) is 1.77. The lowest BCUT2D eigenvalue weighted by atomic mass is 9.96. The highest BCUT2D eigenvalue weighted by atomic mass is 16.2. The van der Waals surface area contributed by atoms with E-state index in [1.54, 1.807) is 33.0 Å². The van der Waals surface area contributed by atoms with Crippen molar-refractivity contribution in [2.75, 3.05) is 5.32 Å². The molecule has 0 radical (unpaired) electrons. The molecule has 2 rings (SSSR count). The zero-order chi connectivity index (χ0) is 14.9. The number of amides is 1. The maximum absolute atomic E-state index is 12.0. The number of hydrogen-bond donors (Lipinski definition) is 2. The van der Waals surface area contributed by atoms with Crippen LogP contribution < -0.4 is 10.9 Å². The lowest BCUT2D eigenvalue weighted by molar-refractivity contribution is -0.123. The lowest BCUT2D eigenvalue weighted by Gasteiger charge is -2.16. The van der Waals surface area contributed by atoms with Gasteiger partial charge in [0.1, 0.15) is 0 Å². The molecule has 0 spiro atoms. The highest BCUT2D eigenvalue weighted by Gasteiger charge is 2.22. The van der Waals surface area contributed by atoms with E-state index in [9.17, 15) is 9.59 Å². The standard InChI is InChI=1S/C14H18N4O2/c1-5-8-6-9-10(15-7-8)16-13(17-11(9)19)18-12(20)14(2,3)4/h6-7H,5H2,1-4H3,(H2,15,16,17,18,19,20). The van der Waals surface area contributed by atoms with Gasteiger partial charge < -0.3 is 0 Å². The zero-order valence-corrected chi connectivity index (χ0v) is 12.1. The first kappa shape index (κ1) is 14.2. The van der Waals surface area contributed by atoms with E-state index in [1.807, 2.05) is 6.92 Å². The van der Waals surface area contributed by atoms with E-state index in [4.69, 9.17) is 0 Å². The fourth-order valence-corrected chi connectivity index (χ4v) is 1.61. The molecule has 0 aliphatic carbocycles. The van der Waals surface area contributed by atoms with Crippen molar-refractivity contribution in [1.82, 2.24) is 15.0 Å². The van der Waals surface area contributed by atoms with Gasteiger partial charge in [0.15, 0.2) is 5.65 Å². The number of aromatic amines is 1. The number of rotatable bonds is 2. The summed E-state index contributed by atoms with van der Waals surface area (Å²) in [7, 11) is 0. The van der Waals surface area contributed by atoms with E-state index >= 15 is 0 Å². The third kappa shape index (κ3) is 2.84. The SMILES string of the molecule is CCc1cnc2nc(NC(=O)C(C)(C)C)[nH]c(=O)c2c1. The molecule has 0 saturated carbocycles. The minimum atomic E-state index is -0.562. The molecule has 2 N–H and O–H groups in total. The number of hydrogen-bond acceptors (Lipinski definition) is 4. The van der Waals surface area contributed by atoms with E-state index in [1.165, 1.54) is 0 Å². The Morgan fingerprint density at radius 3 is 2.70 bits per heavy atom. The molecule has 1 amide bonds. The Labute approximate surface area is 116 Å². The third-order valence-corrected chi connectivity index (χ3v) is 2.94. The molecule has 0 bridgehead atoms. The molecule has 0 aromatic carbocycles. The molecule has 106 valence electrons. The Morgan fingerprint density at radius 1 is 1.40 bits per heavy atom. The predicted octanol–water partition coefficient (Wildman–Crippen LogP) is 1.87. The number of H-pyrrole nitrogens is 1. The van der Waals surface area contributed by atoms with Crippen LogP contribution in [-0.2, 0) is 11.2 Å². The molecule has 20 heavy (non-hydrogen) atoms. The first-order valence-electron chi connectivity index (χ1n) is 6.51. The molecule has 2 heterocycles. The first-order chi connectivity index (χ1) is 9.31. The number of carbonyl (C=O) groups is 1. The van der Waals surface area contributed by atoms with Crippen molar-refractivity contribution in [3.8, 4) is 0 Å². The predicted molar refractivity (Wildman–Crippen MR) is 77.6 cm³/mol. The molecule has 0 atom stereocenters. The van der Waals surface area contributed by atoms with E-state index < -0.39 is 5.41 Å². The van der Waals surface area contributed by atoms with Crippen LogP contribution in [0, 0.1) is 5.41 Å². The average Bonchev–Trinajstić information content (AvgIpc) is 2.37. The van der Waals surface area contributed by atoms with Gasteiger partial charge >= 0.3 is 0 Å². The Balaban J connectivity index is 2.44. The van der Waals surface area contributed by atoms with Crippen LogP contribution >= 0.6 is 0 Å². The number of fused-ring (bicyclic) bond motifs is 1. The van der Waals surface area contributed by atoms with Gasteiger partial charge in [-0.25, -0.2) is 4.98 Å². The van der Waals surface area contributed by atoms with Crippen molar-refractivity contribution in [2.24, 2.45) is 5.41 Å². The van der Waals surface area contributed by atoms with Crippen molar-refractivity contribution in [3.05, 3.63) is 28.2 Å². The largest absolute Gasteiger partial charge is 0.296 e. The van der Waals surface area contributed by atoms with E-state index in [0.717, 1.165) is 12.0 Å². The molecule has 2 aromatic rings. The summed E-state index contributed by atoms with van der Waals surface area (Å²) in [6.07, 6.45) is 2.48. The zero-order valence-electron chi connectivity index (χ0n) is 12.1. The molecule has 0 saturated heterocycles.